The average Bonchev–Trinajstić information content (AvgIpc) is 2.87. The summed E-state index contributed by atoms with van der Waals surface area (Å²) in [4.78, 5) is 2.42. The van der Waals surface area contributed by atoms with Gasteiger partial charge in [0.2, 0.25) is 0 Å². The van der Waals surface area contributed by atoms with Crippen molar-refractivity contribution in [1.29, 1.82) is 0 Å². The van der Waals surface area contributed by atoms with Crippen LogP contribution < -0.4 is 0 Å². The monoisotopic (exact) mass is 305 g/mol. The van der Waals surface area contributed by atoms with Crippen LogP contribution in [0, 0.1) is 6.92 Å². The SMILES string of the molecule is Cc1cnn(CC2CN(Cc3ccc(Cl)cc3)CCO2)c1. The third kappa shape index (κ3) is 4.06. The molecule has 112 valence electrons. The lowest BCUT2D eigenvalue weighted by Crippen LogP contribution is -2.43. The van der Waals surface area contributed by atoms with E-state index >= 15 is 0 Å². The van der Waals surface area contributed by atoms with Gasteiger partial charge in [0.25, 0.3) is 0 Å². The summed E-state index contributed by atoms with van der Waals surface area (Å²) in [6.45, 7) is 6.48. The standard InChI is InChI=1S/C16H20ClN3O/c1-13-8-18-20(9-13)12-16-11-19(6-7-21-16)10-14-2-4-15(17)5-3-14/h2-5,8-9,16H,6-7,10-12H2,1H3. The third-order valence-corrected chi connectivity index (χ3v) is 3.95. The van der Waals surface area contributed by atoms with Gasteiger partial charge in [-0.05, 0) is 30.2 Å². The smallest absolute Gasteiger partial charge is 0.0898 e. The van der Waals surface area contributed by atoms with E-state index in [1.165, 1.54) is 11.1 Å². The molecule has 0 radical (unpaired) electrons. The van der Waals surface area contributed by atoms with Crippen LogP contribution in [0.1, 0.15) is 11.1 Å². The van der Waals surface area contributed by atoms with Gasteiger partial charge < -0.3 is 4.74 Å². The van der Waals surface area contributed by atoms with E-state index in [9.17, 15) is 0 Å². The highest BCUT2D eigenvalue weighted by atomic mass is 35.5. The van der Waals surface area contributed by atoms with Crippen molar-refractivity contribution >= 4 is 11.6 Å². The summed E-state index contributed by atoms with van der Waals surface area (Å²) < 4.78 is 7.82. The number of morpholine rings is 1. The lowest BCUT2D eigenvalue weighted by molar-refractivity contribution is -0.0402. The molecule has 0 spiro atoms. The summed E-state index contributed by atoms with van der Waals surface area (Å²) in [7, 11) is 0. The minimum atomic E-state index is 0.199. The van der Waals surface area contributed by atoms with Gasteiger partial charge in [-0.3, -0.25) is 9.58 Å². The van der Waals surface area contributed by atoms with Crippen LogP contribution in [0.2, 0.25) is 5.02 Å². The highest BCUT2D eigenvalue weighted by Crippen LogP contribution is 2.14. The molecule has 0 N–H and O–H groups in total. The molecule has 21 heavy (non-hydrogen) atoms. The van der Waals surface area contributed by atoms with E-state index in [4.69, 9.17) is 16.3 Å². The molecule has 5 heteroatoms. The Hall–Kier alpha value is -1.36. The quantitative estimate of drug-likeness (QED) is 0.870. The fourth-order valence-corrected chi connectivity index (χ4v) is 2.78. The number of rotatable bonds is 4. The van der Waals surface area contributed by atoms with Gasteiger partial charge in [-0.25, -0.2) is 0 Å². The molecule has 0 amide bonds. The van der Waals surface area contributed by atoms with Gasteiger partial charge in [0.15, 0.2) is 0 Å². The molecule has 1 fully saturated rings. The molecule has 1 unspecified atom stereocenters. The molecule has 1 aromatic heterocycles. The number of benzene rings is 1. The van der Waals surface area contributed by atoms with Crippen molar-refractivity contribution in [2.45, 2.75) is 26.1 Å². The Kier molecular flexibility index (Phi) is 4.58. The number of aryl methyl sites for hydroxylation is 1. The number of nitrogens with zero attached hydrogens (tertiary/aromatic N) is 3. The van der Waals surface area contributed by atoms with Crippen molar-refractivity contribution < 1.29 is 4.74 Å². The first-order valence-electron chi connectivity index (χ1n) is 7.26. The van der Waals surface area contributed by atoms with E-state index in [2.05, 4.69) is 35.3 Å². The minimum Gasteiger partial charge on any atom is -0.374 e. The zero-order chi connectivity index (χ0) is 14.7. The Morgan fingerprint density at radius 2 is 2.14 bits per heavy atom. The van der Waals surface area contributed by atoms with Crippen LogP contribution in [0.25, 0.3) is 0 Å². The molecule has 1 aliphatic heterocycles. The number of hydrogen-bond acceptors (Lipinski definition) is 3. The second-order valence-electron chi connectivity index (χ2n) is 5.59. The molecule has 2 aromatic rings. The predicted octanol–water partition coefficient (Wildman–Crippen LogP) is 2.75. The maximum Gasteiger partial charge on any atom is 0.0898 e. The van der Waals surface area contributed by atoms with Gasteiger partial charge >= 0.3 is 0 Å². The highest BCUT2D eigenvalue weighted by Gasteiger charge is 2.21. The Bertz CT molecular complexity index is 581. The van der Waals surface area contributed by atoms with Gasteiger partial charge in [0.05, 0.1) is 25.5 Å². The highest BCUT2D eigenvalue weighted by molar-refractivity contribution is 6.30. The number of halogens is 1. The number of aromatic nitrogens is 2. The Labute approximate surface area is 130 Å². The molecule has 4 nitrogen and oxygen atoms in total. The van der Waals surface area contributed by atoms with Crippen LogP contribution in [0.4, 0.5) is 0 Å². The lowest BCUT2D eigenvalue weighted by Gasteiger charge is -2.32. The molecule has 1 aromatic carbocycles. The second-order valence-corrected chi connectivity index (χ2v) is 6.03. The molecule has 1 aliphatic rings. The fraction of sp³-hybridized carbons (Fsp3) is 0.438. The van der Waals surface area contributed by atoms with E-state index < -0.39 is 0 Å². The first-order valence-corrected chi connectivity index (χ1v) is 7.64. The van der Waals surface area contributed by atoms with Crippen molar-refractivity contribution in [2.75, 3.05) is 19.7 Å². The van der Waals surface area contributed by atoms with Gasteiger partial charge in [-0.2, -0.15) is 5.10 Å². The molecular weight excluding hydrogens is 286 g/mol. The van der Waals surface area contributed by atoms with Crippen molar-refractivity contribution in [3.8, 4) is 0 Å². The summed E-state index contributed by atoms with van der Waals surface area (Å²) >= 11 is 5.93. The molecule has 0 saturated carbocycles. The molecule has 3 rings (SSSR count). The third-order valence-electron chi connectivity index (χ3n) is 3.70. The normalized spacial score (nSPS) is 19.8. The number of hydrogen-bond donors (Lipinski definition) is 0. The Morgan fingerprint density at radius 3 is 2.86 bits per heavy atom. The van der Waals surface area contributed by atoms with Crippen molar-refractivity contribution in [2.24, 2.45) is 0 Å². The van der Waals surface area contributed by atoms with Crippen molar-refractivity contribution in [1.82, 2.24) is 14.7 Å². The van der Waals surface area contributed by atoms with E-state index in [1.54, 1.807) is 0 Å². The summed E-state index contributed by atoms with van der Waals surface area (Å²) in [5.41, 5.74) is 2.47. The summed E-state index contributed by atoms with van der Waals surface area (Å²) in [6.07, 6.45) is 4.14. The van der Waals surface area contributed by atoms with E-state index in [0.717, 1.165) is 37.8 Å². The molecular formula is C16H20ClN3O. The zero-order valence-corrected chi connectivity index (χ0v) is 13.0. The van der Waals surface area contributed by atoms with Gasteiger partial charge in [-0.1, -0.05) is 23.7 Å². The Balaban J connectivity index is 1.56. The lowest BCUT2D eigenvalue weighted by atomic mass is 10.2. The first kappa shape index (κ1) is 14.6. The molecule has 1 atom stereocenters. The van der Waals surface area contributed by atoms with Crippen LogP contribution in [0.15, 0.2) is 36.7 Å². The van der Waals surface area contributed by atoms with Crippen LogP contribution in [-0.4, -0.2) is 40.5 Å². The summed E-state index contributed by atoms with van der Waals surface area (Å²) in [5, 5.41) is 5.12. The predicted molar refractivity (Wildman–Crippen MR) is 83.4 cm³/mol. The van der Waals surface area contributed by atoms with Gasteiger partial charge in [-0.15, -0.1) is 0 Å². The maximum absolute atomic E-state index is 5.93. The van der Waals surface area contributed by atoms with Crippen molar-refractivity contribution in [3.05, 3.63) is 52.8 Å². The fourth-order valence-electron chi connectivity index (χ4n) is 2.66. The van der Waals surface area contributed by atoms with E-state index in [-0.39, 0.29) is 6.10 Å². The summed E-state index contributed by atoms with van der Waals surface area (Å²) in [5.74, 6) is 0. The molecule has 1 saturated heterocycles. The van der Waals surface area contributed by atoms with Gasteiger partial charge in [0, 0.05) is 30.9 Å². The zero-order valence-electron chi connectivity index (χ0n) is 12.2. The van der Waals surface area contributed by atoms with Gasteiger partial charge in [0.1, 0.15) is 0 Å². The van der Waals surface area contributed by atoms with Crippen LogP contribution in [-0.2, 0) is 17.8 Å². The van der Waals surface area contributed by atoms with Crippen LogP contribution >= 0.6 is 11.6 Å². The first-order chi connectivity index (χ1) is 10.2. The van der Waals surface area contributed by atoms with Crippen LogP contribution in [0.5, 0.6) is 0 Å². The van der Waals surface area contributed by atoms with Crippen LogP contribution in [0.3, 0.4) is 0 Å². The largest absolute Gasteiger partial charge is 0.374 e. The Morgan fingerprint density at radius 1 is 1.33 bits per heavy atom. The maximum atomic E-state index is 5.93. The topological polar surface area (TPSA) is 30.3 Å². The summed E-state index contributed by atoms with van der Waals surface area (Å²) in [6, 6.07) is 8.07. The number of ether oxygens (including phenoxy) is 1. The second kappa shape index (κ2) is 6.60. The molecule has 2 heterocycles. The van der Waals surface area contributed by atoms with Crippen molar-refractivity contribution in [3.63, 3.8) is 0 Å². The molecule has 0 bridgehead atoms. The average molecular weight is 306 g/mol. The van der Waals surface area contributed by atoms with E-state index in [0.29, 0.717) is 0 Å². The molecule has 0 aliphatic carbocycles. The van der Waals surface area contributed by atoms with E-state index in [1.807, 2.05) is 23.0 Å². The minimum absolute atomic E-state index is 0.199.